The highest BCUT2D eigenvalue weighted by Crippen LogP contribution is 2.20. The summed E-state index contributed by atoms with van der Waals surface area (Å²) >= 11 is 1.51. The number of ether oxygens (including phenoxy) is 1. The highest BCUT2D eigenvalue weighted by Gasteiger charge is 2.30. The number of Topliss-reactive ketones (excluding diaryl/α,β-unsaturated/α-hetero) is 1. The summed E-state index contributed by atoms with van der Waals surface area (Å²) in [5.41, 5.74) is 1.06. The van der Waals surface area contributed by atoms with Crippen molar-refractivity contribution in [1.82, 2.24) is 5.32 Å². The minimum absolute atomic E-state index is 0.0345. The lowest BCUT2D eigenvalue weighted by molar-refractivity contribution is 0.0112. The van der Waals surface area contributed by atoms with Gasteiger partial charge in [-0.3, -0.25) is 4.79 Å². The summed E-state index contributed by atoms with van der Waals surface area (Å²) in [5.74, 6) is 0.162. The number of ketones is 1. The minimum Gasteiger partial charge on any atom is -0.375 e. The van der Waals surface area contributed by atoms with Crippen LogP contribution in [0.15, 0.2) is 11.4 Å². The zero-order chi connectivity index (χ0) is 10.8. The molecule has 0 saturated carbocycles. The number of hydrogen-bond acceptors (Lipinski definition) is 4. The van der Waals surface area contributed by atoms with E-state index in [1.54, 1.807) is 0 Å². The molecule has 1 N–H and O–H groups in total. The number of carbonyl (C=O) groups excluding carboxylic acids is 1. The highest BCUT2D eigenvalue weighted by atomic mass is 32.1. The molecule has 1 fully saturated rings. The first-order valence-electron chi connectivity index (χ1n) is 5.13. The van der Waals surface area contributed by atoms with Crippen LogP contribution in [0.5, 0.6) is 0 Å². The third-order valence-electron chi connectivity index (χ3n) is 2.68. The predicted molar refractivity (Wildman–Crippen MR) is 60.6 cm³/mol. The minimum atomic E-state index is -0.184. The molecule has 2 rings (SSSR count). The molecule has 1 saturated heterocycles. The molecular formula is C11H15NO2S. The Labute approximate surface area is 93.4 Å². The second kappa shape index (κ2) is 4.43. The van der Waals surface area contributed by atoms with Crippen molar-refractivity contribution < 1.29 is 9.53 Å². The first-order valence-corrected chi connectivity index (χ1v) is 6.01. The zero-order valence-electron chi connectivity index (χ0n) is 8.95. The summed E-state index contributed by atoms with van der Waals surface area (Å²) in [5, 5.41) is 5.17. The maximum absolute atomic E-state index is 12.2. The Morgan fingerprint density at radius 1 is 1.67 bits per heavy atom. The van der Waals surface area contributed by atoms with Gasteiger partial charge in [0, 0.05) is 6.54 Å². The predicted octanol–water partition coefficient (Wildman–Crippen LogP) is 1.62. The topological polar surface area (TPSA) is 38.3 Å². The van der Waals surface area contributed by atoms with Crippen LogP contribution in [0.1, 0.15) is 22.2 Å². The standard InChI is InChI=1S/C11H15NO2S/c1-7-3-6-15-11(7)10(13)9-8(2)14-5-4-12-9/h3,6,8-9,12H,4-5H2,1-2H3. The van der Waals surface area contributed by atoms with Crippen molar-refractivity contribution in [1.29, 1.82) is 0 Å². The van der Waals surface area contributed by atoms with Gasteiger partial charge in [0.1, 0.15) is 0 Å². The number of nitrogens with one attached hydrogen (secondary N) is 1. The van der Waals surface area contributed by atoms with Gasteiger partial charge in [0.2, 0.25) is 0 Å². The van der Waals surface area contributed by atoms with Crippen LogP contribution in [0.4, 0.5) is 0 Å². The van der Waals surface area contributed by atoms with Crippen LogP contribution in [0.25, 0.3) is 0 Å². The molecule has 82 valence electrons. The first-order chi connectivity index (χ1) is 7.20. The van der Waals surface area contributed by atoms with Crippen molar-refractivity contribution in [2.75, 3.05) is 13.2 Å². The fourth-order valence-corrected chi connectivity index (χ4v) is 2.70. The van der Waals surface area contributed by atoms with Gasteiger partial charge in [-0.25, -0.2) is 0 Å². The fourth-order valence-electron chi connectivity index (χ4n) is 1.79. The van der Waals surface area contributed by atoms with Crippen LogP contribution in [-0.2, 0) is 4.74 Å². The van der Waals surface area contributed by atoms with Crippen LogP contribution in [-0.4, -0.2) is 31.1 Å². The SMILES string of the molecule is Cc1ccsc1C(=O)C1NCCOC1C. The smallest absolute Gasteiger partial charge is 0.192 e. The molecule has 0 spiro atoms. The molecule has 2 atom stereocenters. The van der Waals surface area contributed by atoms with E-state index in [9.17, 15) is 4.79 Å². The maximum atomic E-state index is 12.2. The summed E-state index contributed by atoms with van der Waals surface area (Å²) < 4.78 is 5.47. The van der Waals surface area contributed by atoms with Gasteiger partial charge in [-0.05, 0) is 30.9 Å². The molecule has 0 aromatic carbocycles. The molecule has 0 amide bonds. The van der Waals surface area contributed by atoms with Gasteiger partial charge < -0.3 is 10.1 Å². The number of morpholine rings is 1. The summed E-state index contributed by atoms with van der Waals surface area (Å²) in [6.45, 7) is 5.36. The van der Waals surface area contributed by atoms with Crippen LogP contribution < -0.4 is 5.32 Å². The van der Waals surface area contributed by atoms with Crippen molar-refractivity contribution >= 4 is 17.1 Å². The normalized spacial score (nSPS) is 26.5. The second-order valence-corrected chi connectivity index (χ2v) is 4.72. The van der Waals surface area contributed by atoms with E-state index in [1.807, 2.05) is 25.3 Å². The Kier molecular flexibility index (Phi) is 3.19. The Hall–Kier alpha value is -0.710. The van der Waals surface area contributed by atoms with Crippen LogP contribution in [0.3, 0.4) is 0 Å². The van der Waals surface area contributed by atoms with E-state index in [4.69, 9.17) is 4.74 Å². The summed E-state index contributed by atoms with van der Waals surface area (Å²) in [4.78, 5) is 13.0. The van der Waals surface area contributed by atoms with Crippen molar-refractivity contribution in [2.45, 2.75) is 26.0 Å². The van der Waals surface area contributed by atoms with Gasteiger partial charge >= 0.3 is 0 Å². The molecule has 4 heteroatoms. The second-order valence-electron chi connectivity index (χ2n) is 3.80. The van der Waals surface area contributed by atoms with E-state index in [1.165, 1.54) is 11.3 Å². The highest BCUT2D eigenvalue weighted by molar-refractivity contribution is 7.12. The van der Waals surface area contributed by atoms with Gasteiger partial charge in [-0.1, -0.05) is 0 Å². The van der Waals surface area contributed by atoms with E-state index in [2.05, 4.69) is 5.32 Å². The molecule has 1 aliphatic rings. The molecule has 2 unspecified atom stereocenters. The fraction of sp³-hybridized carbons (Fsp3) is 0.545. The number of hydrogen-bond donors (Lipinski definition) is 1. The Balaban J connectivity index is 2.17. The van der Waals surface area contributed by atoms with Crippen LogP contribution in [0, 0.1) is 6.92 Å². The molecule has 15 heavy (non-hydrogen) atoms. The zero-order valence-corrected chi connectivity index (χ0v) is 9.76. The average molecular weight is 225 g/mol. The lowest BCUT2D eigenvalue weighted by Gasteiger charge is -2.29. The van der Waals surface area contributed by atoms with E-state index in [0.29, 0.717) is 6.61 Å². The van der Waals surface area contributed by atoms with Gasteiger partial charge in [-0.15, -0.1) is 11.3 Å². The summed E-state index contributed by atoms with van der Waals surface area (Å²) in [6, 6.07) is 1.79. The Bertz CT molecular complexity index is 361. The molecule has 3 nitrogen and oxygen atoms in total. The molecule has 2 heterocycles. The Morgan fingerprint density at radius 2 is 2.47 bits per heavy atom. The van der Waals surface area contributed by atoms with Crippen molar-refractivity contribution in [3.05, 3.63) is 21.9 Å². The van der Waals surface area contributed by atoms with Crippen LogP contribution in [0.2, 0.25) is 0 Å². The molecular weight excluding hydrogens is 210 g/mol. The Morgan fingerprint density at radius 3 is 3.07 bits per heavy atom. The lowest BCUT2D eigenvalue weighted by atomic mass is 10.0. The molecule has 0 radical (unpaired) electrons. The van der Waals surface area contributed by atoms with Crippen molar-refractivity contribution in [3.8, 4) is 0 Å². The molecule has 1 aliphatic heterocycles. The third-order valence-corrected chi connectivity index (χ3v) is 3.72. The third kappa shape index (κ3) is 2.12. The molecule has 0 aliphatic carbocycles. The number of thiophene rings is 1. The first kappa shape index (κ1) is 10.8. The van der Waals surface area contributed by atoms with E-state index < -0.39 is 0 Å². The lowest BCUT2D eigenvalue weighted by Crippen LogP contribution is -2.51. The van der Waals surface area contributed by atoms with E-state index in [0.717, 1.165) is 17.0 Å². The summed E-state index contributed by atoms with van der Waals surface area (Å²) in [6.07, 6.45) is -0.0345. The quantitative estimate of drug-likeness (QED) is 0.777. The van der Waals surface area contributed by atoms with Crippen LogP contribution >= 0.6 is 11.3 Å². The molecule has 1 aromatic heterocycles. The number of rotatable bonds is 2. The molecule has 0 bridgehead atoms. The van der Waals surface area contributed by atoms with Crippen molar-refractivity contribution in [3.63, 3.8) is 0 Å². The molecule has 1 aromatic rings. The monoisotopic (exact) mass is 225 g/mol. The van der Waals surface area contributed by atoms with Gasteiger partial charge in [0.25, 0.3) is 0 Å². The van der Waals surface area contributed by atoms with Crippen molar-refractivity contribution in [2.24, 2.45) is 0 Å². The number of aryl methyl sites for hydroxylation is 1. The largest absolute Gasteiger partial charge is 0.375 e. The summed E-state index contributed by atoms with van der Waals surface area (Å²) in [7, 11) is 0. The number of carbonyl (C=O) groups is 1. The van der Waals surface area contributed by atoms with Gasteiger partial charge in [0.15, 0.2) is 5.78 Å². The maximum Gasteiger partial charge on any atom is 0.192 e. The van der Waals surface area contributed by atoms with E-state index in [-0.39, 0.29) is 17.9 Å². The van der Waals surface area contributed by atoms with Gasteiger partial charge in [-0.2, -0.15) is 0 Å². The van der Waals surface area contributed by atoms with Gasteiger partial charge in [0.05, 0.1) is 23.6 Å². The average Bonchev–Trinajstić information content (AvgIpc) is 2.64. The van der Waals surface area contributed by atoms with E-state index >= 15 is 0 Å².